The van der Waals surface area contributed by atoms with Crippen LogP contribution in [-0.2, 0) is 21.1 Å². The van der Waals surface area contributed by atoms with Crippen LogP contribution in [0.4, 0.5) is 0 Å². The van der Waals surface area contributed by atoms with Gasteiger partial charge in [-0.15, -0.1) is 29.7 Å². The maximum atomic E-state index is 9.07. The molecule has 72 heavy (non-hydrogen) atoms. The minimum atomic E-state index is -0.575. The number of hydrogen-bond donors (Lipinski definition) is 0. The monoisotopic (exact) mass is 1120 g/mol. The van der Waals surface area contributed by atoms with Gasteiger partial charge in [0.1, 0.15) is 5.82 Å². The van der Waals surface area contributed by atoms with E-state index < -0.39 is 60.4 Å². The summed E-state index contributed by atoms with van der Waals surface area (Å²) in [6.45, 7) is 9.04. The molecule has 0 saturated heterocycles. The van der Waals surface area contributed by atoms with Gasteiger partial charge < -0.3 is 13.9 Å². The number of para-hydroxylation sites is 3. The normalized spacial score (nSPS) is 13.9. The molecule has 6 heteroatoms. The van der Waals surface area contributed by atoms with E-state index in [1.807, 2.05) is 91.1 Å². The average Bonchev–Trinajstić information content (AvgIpc) is 4.20. The second kappa shape index (κ2) is 19.2. The molecular weight excluding hydrogens is 1060 g/mol. The van der Waals surface area contributed by atoms with Crippen molar-refractivity contribution in [1.29, 1.82) is 0 Å². The maximum absolute atomic E-state index is 9.07. The Hall–Kier alpha value is -8.11. The van der Waals surface area contributed by atoms with Crippen molar-refractivity contribution in [3.8, 4) is 73.2 Å². The fourth-order valence-electron chi connectivity index (χ4n) is 9.40. The van der Waals surface area contributed by atoms with E-state index in [1.165, 1.54) is 5.56 Å². The van der Waals surface area contributed by atoms with Crippen LogP contribution in [0.25, 0.3) is 94.5 Å². The molecule has 0 aliphatic rings. The summed E-state index contributed by atoms with van der Waals surface area (Å²) in [5, 5.41) is 1.98. The van der Waals surface area contributed by atoms with Crippen LogP contribution in [0, 0.1) is 23.9 Å². The van der Waals surface area contributed by atoms with Gasteiger partial charge >= 0.3 is 0 Å². The zero-order valence-corrected chi connectivity index (χ0v) is 42.0. The van der Waals surface area contributed by atoms with Gasteiger partial charge in [-0.1, -0.05) is 209 Å². The molecule has 12 aromatic rings. The summed E-state index contributed by atoms with van der Waals surface area (Å²) in [6, 6.07) is 52.6. The molecule has 12 rings (SSSR count). The molecular formula is C66H50N4OPt-2. The standard InChI is InChI=1S/C66H50N4O.Pt/c1-45(66(2,3)4)57-42-64(67-43-59(57)49-27-15-8-16-28-49)70-60-38-35-50(46-21-9-5-10-22-46)39-58(60)56-37-36-53(41-63(56)70)71-52-30-19-29-51(40-52)68-44-69(62-34-18-17-33-61(62)68)65-54(47-23-11-6-12-24-47)31-20-32-55(65)48-25-13-7-14-26-48;/h5-39,42-43,45H,1-4H3;/q-2;/i6D,7D,11D,12D,13D,14D,23D,24D,25D,26D;. The largest absolute Gasteiger partial charge is 0.510 e. The Kier molecular flexibility index (Phi) is 9.59. The molecule has 0 aliphatic carbocycles. The van der Waals surface area contributed by atoms with E-state index in [9.17, 15) is 0 Å². The molecule has 3 aromatic heterocycles. The fourth-order valence-corrected chi connectivity index (χ4v) is 9.40. The van der Waals surface area contributed by atoms with Gasteiger partial charge in [0.25, 0.3) is 6.33 Å². The van der Waals surface area contributed by atoms with Crippen molar-refractivity contribution in [2.45, 2.75) is 33.6 Å². The molecule has 352 valence electrons. The molecule has 0 radical (unpaired) electrons. The topological polar surface area (TPSA) is 35.9 Å². The van der Waals surface area contributed by atoms with Crippen LogP contribution in [0.2, 0.25) is 0 Å². The molecule has 0 bridgehead atoms. The number of imidazole rings is 1. The van der Waals surface area contributed by atoms with E-state index in [0.717, 1.165) is 49.9 Å². The SMILES string of the molecule is [2H]c1c([2H])c([2H])c(-c2cccc(-c3c([2H])c([2H])c([2H])c([2H])c3[2H])c2-[n+]2[c-]n(-c3[c-]c(Oc4[c-]c5c(cc4)c4cc(-c6ccccc6)ccc4n5-c4cc(C(C)C(C)(C)C)c(-c5ccccc5)cn4)ccc3)c3ccccc32)c([2H])c1[2H].[Pt]. The number of hydrogen-bond acceptors (Lipinski definition) is 2. The second-order valence-electron chi connectivity index (χ2n) is 18.6. The zero-order valence-electron chi connectivity index (χ0n) is 49.7. The van der Waals surface area contributed by atoms with Gasteiger partial charge in [-0.05, 0) is 79.0 Å². The minimum absolute atomic E-state index is 0. The average molecular weight is 1120 g/mol. The van der Waals surface area contributed by atoms with Gasteiger partial charge in [0.2, 0.25) is 0 Å². The van der Waals surface area contributed by atoms with Gasteiger partial charge in [-0.2, -0.15) is 18.2 Å². The number of fused-ring (bicyclic) bond motifs is 4. The summed E-state index contributed by atoms with van der Waals surface area (Å²) < 4.78 is 99.8. The fraction of sp³-hybridized carbons (Fsp3) is 0.0909. The van der Waals surface area contributed by atoms with E-state index in [2.05, 4.69) is 99.3 Å². The van der Waals surface area contributed by atoms with E-state index in [0.29, 0.717) is 28.2 Å². The molecule has 0 aliphatic heterocycles. The van der Waals surface area contributed by atoms with Crippen LogP contribution in [0.5, 0.6) is 11.5 Å². The minimum Gasteiger partial charge on any atom is -0.510 e. The van der Waals surface area contributed by atoms with Crippen LogP contribution >= 0.6 is 0 Å². The first kappa shape index (κ1) is 35.9. The van der Waals surface area contributed by atoms with Crippen molar-refractivity contribution in [2.24, 2.45) is 5.41 Å². The Morgan fingerprint density at radius 2 is 1.21 bits per heavy atom. The number of pyridine rings is 1. The molecule has 5 nitrogen and oxygen atoms in total. The van der Waals surface area contributed by atoms with Crippen LogP contribution in [-0.4, -0.2) is 14.1 Å². The molecule has 1 unspecified atom stereocenters. The Labute approximate surface area is 449 Å². The van der Waals surface area contributed by atoms with Crippen LogP contribution < -0.4 is 9.30 Å². The molecule has 3 heterocycles. The number of nitrogens with zero attached hydrogens (tertiary/aromatic N) is 4. The third-order valence-electron chi connectivity index (χ3n) is 13.3. The number of benzene rings is 9. The predicted molar refractivity (Wildman–Crippen MR) is 290 cm³/mol. The first-order chi connectivity index (χ1) is 38.9. The smallest absolute Gasteiger partial charge is 0.268 e. The van der Waals surface area contributed by atoms with Gasteiger partial charge in [0, 0.05) is 49.8 Å². The number of rotatable bonds is 10. The number of aromatic nitrogens is 4. The Balaban J connectivity index is 0.00000705. The van der Waals surface area contributed by atoms with Gasteiger partial charge in [-0.25, -0.2) is 4.98 Å². The van der Waals surface area contributed by atoms with Crippen LogP contribution in [0.15, 0.2) is 224 Å². The molecule has 0 spiro atoms. The van der Waals surface area contributed by atoms with Gasteiger partial charge in [-0.3, -0.25) is 4.57 Å². The predicted octanol–water partition coefficient (Wildman–Crippen LogP) is 16.4. The van der Waals surface area contributed by atoms with E-state index in [-0.39, 0.29) is 60.3 Å². The quantitative estimate of drug-likeness (QED) is 0.101. The third kappa shape index (κ3) is 8.54. The molecule has 0 N–H and O–H groups in total. The summed E-state index contributed by atoms with van der Waals surface area (Å²) in [5.74, 6) is 1.66. The molecule has 0 amide bonds. The van der Waals surface area contributed by atoms with E-state index >= 15 is 0 Å². The molecule has 9 aromatic carbocycles. The van der Waals surface area contributed by atoms with Crippen molar-refractivity contribution < 1.29 is 44.1 Å². The Bertz CT molecular complexity index is 4370. The van der Waals surface area contributed by atoms with E-state index in [4.69, 9.17) is 23.4 Å². The van der Waals surface area contributed by atoms with Crippen molar-refractivity contribution in [3.05, 3.63) is 248 Å². The van der Waals surface area contributed by atoms with Crippen LogP contribution in [0.1, 0.15) is 52.9 Å². The number of ether oxygens (including phenoxy) is 1. The Morgan fingerprint density at radius 3 is 1.90 bits per heavy atom. The molecule has 0 saturated carbocycles. The summed E-state index contributed by atoms with van der Waals surface area (Å²) in [4.78, 5) is 5.20. The van der Waals surface area contributed by atoms with Crippen molar-refractivity contribution in [1.82, 2.24) is 14.1 Å². The van der Waals surface area contributed by atoms with Gasteiger partial charge in [0.15, 0.2) is 0 Å². The van der Waals surface area contributed by atoms with E-state index in [1.54, 1.807) is 33.4 Å². The summed E-state index contributed by atoms with van der Waals surface area (Å²) in [5.41, 5.74) is 8.92. The Morgan fingerprint density at radius 1 is 0.569 bits per heavy atom. The van der Waals surface area contributed by atoms with Crippen molar-refractivity contribution >= 4 is 32.8 Å². The maximum Gasteiger partial charge on any atom is 0.268 e. The van der Waals surface area contributed by atoms with Crippen molar-refractivity contribution in [3.63, 3.8) is 0 Å². The first-order valence-electron chi connectivity index (χ1n) is 28.5. The third-order valence-corrected chi connectivity index (χ3v) is 13.3. The summed E-state index contributed by atoms with van der Waals surface area (Å²) in [6.07, 6.45) is 5.41. The molecule has 0 fully saturated rings. The van der Waals surface area contributed by atoms with Gasteiger partial charge in [0.05, 0.1) is 30.4 Å². The zero-order chi connectivity index (χ0) is 56.8. The summed E-state index contributed by atoms with van der Waals surface area (Å²) >= 11 is 0. The van der Waals surface area contributed by atoms with Crippen LogP contribution in [0.3, 0.4) is 0 Å². The first-order valence-corrected chi connectivity index (χ1v) is 23.5. The molecule has 1 atom stereocenters. The summed E-state index contributed by atoms with van der Waals surface area (Å²) in [7, 11) is 0. The van der Waals surface area contributed by atoms with Crippen molar-refractivity contribution in [2.75, 3.05) is 0 Å². The second-order valence-corrected chi connectivity index (χ2v) is 18.6.